The number of alkyl halides is 3. The molecule has 5 nitrogen and oxygen atoms in total. The molecule has 1 heterocycles. The number of carbonyl (C=O) groups is 1. The molecule has 3 rings (SSSR count). The summed E-state index contributed by atoms with van der Waals surface area (Å²) >= 11 is 1.64. The number of thioether (sulfide) groups is 1. The largest absolute Gasteiger partial charge is 0.493 e. The Morgan fingerprint density at radius 2 is 1.69 bits per heavy atom. The van der Waals surface area contributed by atoms with Gasteiger partial charge in [-0.25, -0.2) is 4.79 Å². The average Bonchev–Trinajstić information content (AvgIpc) is 3.29. The zero-order valence-corrected chi connectivity index (χ0v) is 21.3. The van der Waals surface area contributed by atoms with Gasteiger partial charge in [0, 0.05) is 5.75 Å². The van der Waals surface area contributed by atoms with Gasteiger partial charge in [-0.05, 0) is 81.5 Å². The van der Waals surface area contributed by atoms with Crippen molar-refractivity contribution in [1.82, 2.24) is 0 Å². The van der Waals surface area contributed by atoms with Crippen molar-refractivity contribution in [2.24, 2.45) is 4.99 Å². The van der Waals surface area contributed by atoms with Crippen molar-refractivity contribution in [2.45, 2.75) is 58.4 Å². The number of halogens is 3. The molecule has 0 fully saturated rings. The van der Waals surface area contributed by atoms with Crippen molar-refractivity contribution >= 4 is 22.8 Å². The number of carbonyl (C=O) groups excluding carboxylic acids is 1. The molecular weight excluding hydrogens is 479 g/mol. The Morgan fingerprint density at radius 1 is 1.06 bits per heavy atom. The van der Waals surface area contributed by atoms with Gasteiger partial charge in [0.25, 0.3) is 0 Å². The summed E-state index contributed by atoms with van der Waals surface area (Å²) in [7, 11) is 1.33. The van der Waals surface area contributed by atoms with Crippen LogP contribution in [0.2, 0.25) is 0 Å². The van der Waals surface area contributed by atoms with E-state index < -0.39 is 23.3 Å². The minimum atomic E-state index is -4.33. The number of hydrogen-bond donors (Lipinski definition) is 0. The van der Waals surface area contributed by atoms with Crippen molar-refractivity contribution in [2.75, 3.05) is 19.5 Å². The van der Waals surface area contributed by atoms with Gasteiger partial charge in [-0.3, -0.25) is 4.99 Å². The highest BCUT2D eigenvalue weighted by Gasteiger charge is 2.32. The van der Waals surface area contributed by atoms with E-state index in [2.05, 4.69) is 4.99 Å². The zero-order valence-electron chi connectivity index (χ0n) is 20.5. The van der Waals surface area contributed by atoms with Gasteiger partial charge in [0.1, 0.15) is 11.5 Å². The summed E-state index contributed by atoms with van der Waals surface area (Å²) in [6.45, 7) is 7.66. The summed E-state index contributed by atoms with van der Waals surface area (Å²) < 4.78 is 54.9. The quantitative estimate of drug-likeness (QED) is 0.278. The third-order valence-electron chi connectivity index (χ3n) is 5.85. The van der Waals surface area contributed by atoms with Crippen LogP contribution in [0.1, 0.15) is 55.0 Å². The normalized spacial score (nSPS) is 16.1. The van der Waals surface area contributed by atoms with E-state index in [-0.39, 0.29) is 6.04 Å². The summed E-state index contributed by atoms with van der Waals surface area (Å²) in [4.78, 5) is 16.6. The van der Waals surface area contributed by atoms with E-state index in [1.807, 2.05) is 19.9 Å². The summed E-state index contributed by atoms with van der Waals surface area (Å²) in [5.41, 5.74) is 0.852. The molecule has 0 radical (unpaired) electrons. The summed E-state index contributed by atoms with van der Waals surface area (Å²) in [6.07, 6.45) is -2.83. The standard InChI is InChI=1S/C26H30F3NO4S/c1-16-17(2)22(34-25(3,4)24(31)32-5)13-12-21(16)33-14-6-7-23-30-20(15-35-23)18-8-10-19(11-9-18)26(27,28)29/h8-13,20H,6-7,14-15H2,1-5H3. The van der Waals surface area contributed by atoms with Gasteiger partial charge in [0.05, 0.1) is 30.4 Å². The van der Waals surface area contributed by atoms with E-state index >= 15 is 0 Å². The second-order valence-electron chi connectivity index (χ2n) is 8.84. The third-order valence-corrected chi connectivity index (χ3v) is 6.98. The lowest BCUT2D eigenvalue weighted by atomic mass is 10.1. The number of benzene rings is 2. The molecule has 1 aliphatic rings. The van der Waals surface area contributed by atoms with E-state index in [4.69, 9.17) is 14.2 Å². The predicted octanol–water partition coefficient (Wildman–Crippen LogP) is 6.70. The molecular formula is C26H30F3NO4S. The minimum Gasteiger partial charge on any atom is -0.493 e. The van der Waals surface area contributed by atoms with Crippen molar-refractivity contribution < 1.29 is 32.2 Å². The molecule has 190 valence electrons. The number of rotatable bonds is 9. The van der Waals surface area contributed by atoms with Crippen LogP contribution < -0.4 is 9.47 Å². The molecule has 1 atom stereocenters. The fourth-order valence-corrected chi connectivity index (χ4v) is 4.74. The number of nitrogens with zero attached hydrogens (tertiary/aromatic N) is 1. The monoisotopic (exact) mass is 509 g/mol. The van der Waals surface area contributed by atoms with Gasteiger partial charge in [0.2, 0.25) is 0 Å². The SMILES string of the molecule is COC(=O)C(C)(C)Oc1ccc(OCCCC2=NC(c3ccc(C(F)(F)F)cc3)CS2)c(C)c1C. The van der Waals surface area contributed by atoms with E-state index in [9.17, 15) is 18.0 Å². The van der Waals surface area contributed by atoms with Crippen LogP contribution in [0.4, 0.5) is 13.2 Å². The summed E-state index contributed by atoms with van der Waals surface area (Å²) in [6, 6.07) is 8.73. The topological polar surface area (TPSA) is 57.1 Å². The molecule has 35 heavy (non-hydrogen) atoms. The van der Waals surface area contributed by atoms with Crippen LogP contribution in [-0.2, 0) is 15.7 Å². The van der Waals surface area contributed by atoms with Gasteiger partial charge < -0.3 is 14.2 Å². The summed E-state index contributed by atoms with van der Waals surface area (Å²) in [5.74, 6) is 1.61. The Morgan fingerprint density at radius 3 is 2.31 bits per heavy atom. The average molecular weight is 510 g/mol. The lowest BCUT2D eigenvalue weighted by molar-refractivity contribution is -0.156. The van der Waals surface area contributed by atoms with E-state index in [0.717, 1.165) is 58.2 Å². The van der Waals surface area contributed by atoms with Crippen molar-refractivity contribution in [1.29, 1.82) is 0 Å². The second-order valence-corrected chi connectivity index (χ2v) is 9.93. The maximum absolute atomic E-state index is 12.8. The molecule has 1 aliphatic heterocycles. The van der Waals surface area contributed by atoms with Crippen molar-refractivity contribution in [3.63, 3.8) is 0 Å². The Labute approximate surface area is 208 Å². The maximum atomic E-state index is 12.8. The van der Waals surface area contributed by atoms with Crippen LogP contribution >= 0.6 is 11.8 Å². The lowest BCUT2D eigenvalue weighted by Crippen LogP contribution is -2.39. The van der Waals surface area contributed by atoms with Gasteiger partial charge in [-0.2, -0.15) is 13.2 Å². The summed E-state index contributed by atoms with van der Waals surface area (Å²) in [5, 5.41) is 0.986. The predicted molar refractivity (Wildman–Crippen MR) is 131 cm³/mol. The first-order valence-corrected chi connectivity index (χ1v) is 12.3. The Kier molecular flexibility index (Phi) is 8.41. The Hall–Kier alpha value is -2.68. The highest BCUT2D eigenvalue weighted by molar-refractivity contribution is 8.14. The fraction of sp³-hybridized carbons (Fsp3) is 0.462. The van der Waals surface area contributed by atoms with Crippen LogP contribution in [0.25, 0.3) is 0 Å². The molecule has 2 aromatic rings. The first kappa shape index (κ1) is 26.9. The number of hydrogen-bond acceptors (Lipinski definition) is 6. The molecule has 0 spiro atoms. The third kappa shape index (κ3) is 6.72. The highest BCUT2D eigenvalue weighted by atomic mass is 32.2. The molecule has 1 unspecified atom stereocenters. The van der Waals surface area contributed by atoms with E-state index in [1.165, 1.54) is 19.2 Å². The minimum absolute atomic E-state index is 0.120. The molecule has 0 saturated heterocycles. The Bertz CT molecular complexity index is 1080. The van der Waals surface area contributed by atoms with Gasteiger partial charge >= 0.3 is 12.1 Å². The molecule has 0 amide bonds. The van der Waals surface area contributed by atoms with E-state index in [1.54, 1.807) is 31.7 Å². The number of methoxy groups -OCH3 is 1. The first-order valence-electron chi connectivity index (χ1n) is 11.3. The molecule has 0 N–H and O–H groups in total. The number of aliphatic imine (C=N–C) groups is 1. The second kappa shape index (κ2) is 10.9. The van der Waals surface area contributed by atoms with Crippen LogP contribution in [0.15, 0.2) is 41.4 Å². The van der Waals surface area contributed by atoms with E-state index in [0.29, 0.717) is 12.4 Å². The van der Waals surface area contributed by atoms with Crippen LogP contribution in [-0.4, -0.2) is 36.1 Å². The lowest BCUT2D eigenvalue weighted by Gasteiger charge is -2.25. The van der Waals surface area contributed by atoms with Gasteiger partial charge in [-0.15, -0.1) is 11.8 Å². The Balaban J connectivity index is 1.52. The van der Waals surface area contributed by atoms with Gasteiger partial charge in [0.15, 0.2) is 5.60 Å². The fourth-order valence-electron chi connectivity index (χ4n) is 3.63. The molecule has 2 aromatic carbocycles. The van der Waals surface area contributed by atoms with Crippen molar-refractivity contribution in [3.8, 4) is 11.5 Å². The molecule has 0 aliphatic carbocycles. The van der Waals surface area contributed by atoms with Crippen LogP contribution in [0.3, 0.4) is 0 Å². The number of esters is 1. The molecule has 0 aromatic heterocycles. The van der Waals surface area contributed by atoms with Gasteiger partial charge in [-0.1, -0.05) is 12.1 Å². The van der Waals surface area contributed by atoms with Crippen molar-refractivity contribution in [3.05, 3.63) is 58.7 Å². The smallest absolute Gasteiger partial charge is 0.416 e. The highest BCUT2D eigenvalue weighted by Crippen LogP contribution is 2.35. The molecule has 9 heteroatoms. The first-order chi connectivity index (χ1) is 16.4. The number of ether oxygens (including phenoxy) is 3. The zero-order chi connectivity index (χ0) is 25.8. The van der Waals surface area contributed by atoms with Crippen LogP contribution in [0, 0.1) is 13.8 Å². The molecule has 0 saturated carbocycles. The molecule has 0 bridgehead atoms. The van der Waals surface area contributed by atoms with Crippen LogP contribution in [0.5, 0.6) is 11.5 Å². The maximum Gasteiger partial charge on any atom is 0.416 e.